The predicted molar refractivity (Wildman–Crippen MR) is 133 cm³/mol. The minimum atomic E-state index is -0.651. The molecule has 0 aliphatic rings. The van der Waals surface area contributed by atoms with E-state index in [0.717, 1.165) is 0 Å². The van der Waals surface area contributed by atoms with Gasteiger partial charge in [-0.05, 0) is 29.7 Å². The number of hydrazine groups is 1. The highest BCUT2D eigenvalue weighted by Gasteiger charge is 2.25. The van der Waals surface area contributed by atoms with Gasteiger partial charge in [0.2, 0.25) is 0 Å². The number of aromatic nitrogens is 2. The van der Waals surface area contributed by atoms with E-state index < -0.39 is 11.8 Å². The number of nitrogens with zero attached hydrogens (tertiary/aromatic N) is 2. The molecule has 2 amide bonds. The molecule has 0 radical (unpaired) electrons. The topological polar surface area (TPSA) is 97.3 Å². The summed E-state index contributed by atoms with van der Waals surface area (Å²) in [4.78, 5) is 35.1. The standard InChI is InChI=1S/C22H15Cl4N5O3/c1-34-30-29-21(32)13-9-11-5-2-3-6-12(11)17(25)18(13)28-22(33)16-10-15(24)19(26)31(16)20-14(23)7-4-8-27-20/h2-10,30H,1H3,(H,28,33)(H,29,32). The lowest BCUT2D eigenvalue weighted by Gasteiger charge is -2.16. The summed E-state index contributed by atoms with van der Waals surface area (Å²) >= 11 is 25.5. The van der Waals surface area contributed by atoms with Crippen LogP contribution >= 0.6 is 46.4 Å². The van der Waals surface area contributed by atoms with Gasteiger partial charge in [-0.25, -0.2) is 4.98 Å². The van der Waals surface area contributed by atoms with Crippen molar-refractivity contribution >= 4 is 74.7 Å². The third kappa shape index (κ3) is 4.56. The summed E-state index contributed by atoms with van der Waals surface area (Å²) in [5.74, 6) is -1.04. The summed E-state index contributed by atoms with van der Waals surface area (Å²) in [7, 11) is 1.33. The van der Waals surface area contributed by atoms with Crippen LogP contribution in [0.4, 0.5) is 5.69 Å². The number of rotatable bonds is 6. The number of hydrogen-bond acceptors (Lipinski definition) is 5. The monoisotopic (exact) mass is 537 g/mol. The largest absolute Gasteiger partial charge is 0.319 e. The minimum absolute atomic E-state index is 0.0289. The molecule has 12 heteroatoms. The average Bonchev–Trinajstić information content (AvgIpc) is 3.13. The number of nitrogens with one attached hydrogen (secondary N) is 3. The molecule has 4 rings (SSSR count). The van der Waals surface area contributed by atoms with Gasteiger partial charge in [-0.1, -0.05) is 70.7 Å². The molecule has 174 valence electrons. The Labute approximate surface area is 213 Å². The van der Waals surface area contributed by atoms with Crippen molar-refractivity contribution in [1.29, 1.82) is 0 Å². The molecule has 0 atom stereocenters. The fourth-order valence-corrected chi connectivity index (χ4v) is 4.26. The number of anilines is 1. The quantitative estimate of drug-likeness (QED) is 0.274. The SMILES string of the molecule is CONNC(=O)c1cc2ccccc2c(Cl)c1NC(=O)c1cc(Cl)c(Cl)n1-c1ncccc1Cl. The number of hydrogen-bond donors (Lipinski definition) is 3. The third-order valence-electron chi connectivity index (χ3n) is 4.82. The lowest BCUT2D eigenvalue weighted by atomic mass is 10.0. The molecule has 2 heterocycles. The Kier molecular flexibility index (Phi) is 7.27. The number of fused-ring (bicyclic) bond motifs is 1. The molecule has 3 N–H and O–H groups in total. The van der Waals surface area contributed by atoms with Crippen molar-refractivity contribution in [2.45, 2.75) is 0 Å². The fourth-order valence-electron chi connectivity index (χ4n) is 3.32. The van der Waals surface area contributed by atoms with Crippen LogP contribution in [0.5, 0.6) is 0 Å². The van der Waals surface area contributed by atoms with Crippen molar-refractivity contribution in [2.75, 3.05) is 12.4 Å². The molecule has 8 nitrogen and oxygen atoms in total. The van der Waals surface area contributed by atoms with Crippen LogP contribution < -0.4 is 16.3 Å². The van der Waals surface area contributed by atoms with Gasteiger partial charge in [-0.2, -0.15) is 0 Å². The van der Waals surface area contributed by atoms with Crippen molar-refractivity contribution in [3.8, 4) is 5.82 Å². The summed E-state index contributed by atoms with van der Waals surface area (Å²) in [6.45, 7) is 0. The minimum Gasteiger partial charge on any atom is -0.319 e. The average molecular weight is 539 g/mol. The number of amides is 2. The van der Waals surface area contributed by atoms with Crippen molar-refractivity contribution in [2.24, 2.45) is 0 Å². The molecule has 0 unspecified atom stereocenters. The Bertz CT molecular complexity index is 1420. The normalized spacial score (nSPS) is 11.0. The summed E-state index contributed by atoms with van der Waals surface area (Å²) < 4.78 is 1.31. The van der Waals surface area contributed by atoms with Crippen LogP contribution in [0.1, 0.15) is 20.8 Å². The van der Waals surface area contributed by atoms with Gasteiger partial charge < -0.3 is 5.32 Å². The molecular weight excluding hydrogens is 524 g/mol. The Morgan fingerprint density at radius 3 is 2.47 bits per heavy atom. The molecule has 0 fully saturated rings. The van der Waals surface area contributed by atoms with Crippen LogP contribution in [0.25, 0.3) is 16.6 Å². The van der Waals surface area contributed by atoms with E-state index in [1.165, 1.54) is 23.9 Å². The van der Waals surface area contributed by atoms with E-state index in [0.29, 0.717) is 10.8 Å². The predicted octanol–water partition coefficient (Wildman–Crippen LogP) is 5.69. The number of benzene rings is 2. The van der Waals surface area contributed by atoms with Gasteiger partial charge >= 0.3 is 0 Å². The Morgan fingerprint density at radius 1 is 0.971 bits per heavy atom. The number of carbonyl (C=O) groups excluding carboxylic acids is 2. The van der Waals surface area contributed by atoms with Gasteiger partial charge in [0.15, 0.2) is 5.82 Å². The van der Waals surface area contributed by atoms with E-state index in [9.17, 15) is 9.59 Å². The summed E-state index contributed by atoms with van der Waals surface area (Å²) in [6, 6.07) is 13.4. The number of carbonyl (C=O) groups is 2. The summed E-state index contributed by atoms with van der Waals surface area (Å²) in [6.07, 6.45) is 1.50. The first kappa shape index (κ1) is 24.3. The van der Waals surface area contributed by atoms with Gasteiger partial charge in [0, 0.05) is 11.6 Å². The Hall–Kier alpha value is -2.85. The first-order valence-electron chi connectivity index (χ1n) is 9.62. The maximum Gasteiger partial charge on any atom is 0.272 e. The van der Waals surface area contributed by atoms with E-state index in [4.69, 9.17) is 46.4 Å². The fraction of sp³-hybridized carbons (Fsp3) is 0.0455. The Balaban J connectivity index is 1.83. The van der Waals surface area contributed by atoms with Gasteiger partial charge in [0.1, 0.15) is 10.8 Å². The highest BCUT2D eigenvalue weighted by molar-refractivity contribution is 6.43. The molecule has 34 heavy (non-hydrogen) atoms. The van der Waals surface area contributed by atoms with Gasteiger partial charge in [-0.3, -0.25) is 24.4 Å². The molecule has 0 aliphatic carbocycles. The third-order valence-corrected chi connectivity index (χ3v) is 6.26. The van der Waals surface area contributed by atoms with E-state index >= 15 is 0 Å². The lowest BCUT2D eigenvalue weighted by molar-refractivity contribution is 0.0459. The van der Waals surface area contributed by atoms with E-state index in [1.54, 1.807) is 42.5 Å². The molecule has 4 aromatic rings. The summed E-state index contributed by atoms with van der Waals surface area (Å²) in [5, 5.41) is 4.61. The zero-order valence-electron chi connectivity index (χ0n) is 17.3. The summed E-state index contributed by atoms with van der Waals surface area (Å²) in [5.41, 5.74) is 4.81. The van der Waals surface area contributed by atoms with Crippen molar-refractivity contribution in [3.63, 3.8) is 0 Å². The van der Waals surface area contributed by atoms with Crippen LogP contribution in [-0.2, 0) is 4.84 Å². The van der Waals surface area contributed by atoms with Gasteiger partial charge in [0.05, 0.1) is 33.4 Å². The van der Waals surface area contributed by atoms with Gasteiger partial charge in [0.25, 0.3) is 11.8 Å². The van der Waals surface area contributed by atoms with Gasteiger partial charge in [-0.15, -0.1) is 5.59 Å². The van der Waals surface area contributed by atoms with Crippen LogP contribution in [0, 0.1) is 0 Å². The van der Waals surface area contributed by atoms with Crippen molar-refractivity contribution in [1.82, 2.24) is 20.6 Å². The molecule has 0 spiro atoms. The van der Waals surface area contributed by atoms with Crippen LogP contribution in [0.3, 0.4) is 0 Å². The molecule has 0 saturated carbocycles. The molecular formula is C22H15Cl4N5O3. The molecule has 0 bridgehead atoms. The smallest absolute Gasteiger partial charge is 0.272 e. The lowest BCUT2D eigenvalue weighted by Crippen LogP contribution is -2.37. The van der Waals surface area contributed by atoms with E-state index in [2.05, 4.69) is 26.2 Å². The number of halogens is 4. The second-order valence-electron chi connectivity index (χ2n) is 6.86. The molecule has 0 aliphatic heterocycles. The van der Waals surface area contributed by atoms with Crippen LogP contribution in [-0.4, -0.2) is 28.5 Å². The van der Waals surface area contributed by atoms with E-state index in [-0.39, 0.29) is 43.0 Å². The van der Waals surface area contributed by atoms with Crippen LogP contribution in [0.2, 0.25) is 20.2 Å². The maximum absolute atomic E-state index is 13.4. The van der Waals surface area contributed by atoms with Crippen molar-refractivity contribution in [3.05, 3.63) is 86.2 Å². The zero-order valence-corrected chi connectivity index (χ0v) is 20.4. The molecule has 2 aromatic heterocycles. The van der Waals surface area contributed by atoms with Crippen molar-refractivity contribution < 1.29 is 14.4 Å². The second-order valence-corrected chi connectivity index (χ2v) is 8.41. The maximum atomic E-state index is 13.4. The highest BCUT2D eigenvalue weighted by Crippen LogP contribution is 2.36. The second kappa shape index (κ2) is 10.2. The zero-order chi connectivity index (χ0) is 24.4. The molecule has 2 aromatic carbocycles. The highest BCUT2D eigenvalue weighted by atomic mass is 35.5. The Morgan fingerprint density at radius 2 is 1.74 bits per heavy atom. The first-order chi connectivity index (χ1) is 16.3. The van der Waals surface area contributed by atoms with Crippen LogP contribution in [0.15, 0.2) is 54.7 Å². The van der Waals surface area contributed by atoms with E-state index in [1.807, 2.05) is 0 Å². The number of pyridine rings is 1. The molecule has 0 saturated heterocycles. The first-order valence-corrected chi connectivity index (χ1v) is 11.1.